The third kappa shape index (κ3) is 3.70. The average Bonchev–Trinajstić information content (AvgIpc) is 3.05. The topological polar surface area (TPSA) is 60.9 Å². The van der Waals surface area contributed by atoms with E-state index in [2.05, 4.69) is 0 Å². The molecule has 0 radical (unpaired) electrons. The van der Waals surface area contributed by atoms with Gasteiger partial charge in [-0.05, 0) is 36.8 Å². The number of nitrogens with zero attached hydrogens (tertiary/aromatic N) is 2. The number of Topliss-reactive ketones (excluding diaryl/α,β-unsaturated/α-hetero) is 1. The molecule has 0 aliphatic carbocycles. The van der Waals surface area contributed by atoms with Crippen molar-refractivity contribution in [2.24, 2.45) is 0 Å². The summed E-state index contributed by atoms with van der Waals surface area (Å²) in [5.41, 5.74) is 4.01. The number of carbonyl (C=O) groups is 2. The first-order valence-corrected chi connectivity index (χ1v) is 10.1. The van der Waals surface area contributed by atoms with Crippen molar-refractivity contribution in [2.45, 2.75) is 13.0 Å². The van der Waals surface area contributed by atoms with Crippen molar-refractivity contribution >= 4 is 28.8 Å². The Hall–Kier alpha value is -3.86. The van der Waals surface area contributed by atoms with Crippen LogP contribution in [0.1, 0.15) is 22.7 Å². The van der Waals surface area contributed by atoms with Crippen molar-refractivity contribution in [1.29, 1.82) is 0 Å². The first kappa shape index (κ1) is 20.4. The number of rotatable bonds is 4. The molecular formula is C26H24N2O3. The van der Waals surface area contributed by atoms with E-state index in [1.54, 1.807) is 24.3 Å². The van der Waals surface area contributed by atoms with Crippen LogP contribution in [0.2, 0.25) is 0 Å². The van der Waals surface area contributed by atoms with Crippen LogP contribution < -0.4 is 9.80 Å². The lowest BCUT2D eigenvalue weighted by atomic mass is 9.95. The molecule has 5 nitrogen and oxygen atoms in total. The predicted molar refractivity (Wildman–Crippen MR) is 123 cm³/mol. The van der Waals surface area contributed by atoms with Gasteiger partial charge in [0.1, 0.15) is 5.76 Å². The first-order chi connectivity index (χ1) is 14.9. The van der Waals surface area contributed by atoms with Crippen molar-refractivity contribution in [1.82, 2.24) is 0 Å². The van der Waals surface area contributed by atoms with Gasteiger partial charge in [-0.15, -0.1) is 0 Å². The Morgan fingerprint density at radius 3 is 2.06 bits per heavy atom. The fraction of sp³-hybridized carbons (Fsp3) is 0.154. The van der Waals surface area contributed by atoms with E-state index >= 15 is 0 Å². The van der Waals surface area contributed by atoms with Crippen molar-refractivity contribution in [3.8, 4) is 0 Å². The van der Waals surface area contributed by atoms with Crippen LogP contribution in [-0.4, -0.2) is 30.9 Å². The van der Waals surface area contributed by atoms with Gasteiger partial charge in [-0.2, -0.15) is 0 Å². The van der Waals surface area contributed by atoms with E-state index in [0.29, 0.717) is 11.3 Å². The fourth-order valence-corrected chi connectivity index (χ4v) is 3.83. The molecule has 1 atom stereocenters. The number of aliphatic hydroxyl groups excluding tert-OH is 1. The summed E-state index contributed by atoms with van der Waals surface area (Å²) < 4.78 is 0. The van der Waals surface area contributed by atoms with Crippen molar-refractivity contribution in [3.05, 3.63) is 101 Å². The molecule has 1 fully saturated rings. The molecule has 0 bridgehead atoms. The Morgan fingerprint density at radius 1 is 0.871 bits per heavy atom. The lowest BCUT2D eigenvalue weighted by Crippen LogP contribution is -2.29. The largest absolute Gasteiger partial charge is 0.507 e. The fourth-order valence-electron chi connectivity index (χ4n) is 3.83. The zero-order valence-corrected chi connectivity index (χ0v) is 17.7. The number of aryl methyl sites for hydroxylation is 1. The number of aliphatic hydroxyl groups is 1. The van der Waals surface area contributed by atoms with E-state index in [1.807, 2.05) is 80.5 Å². The quantitative estimate of drug-likeness (QED) is 0.384. The molecule has 0 unspecified atom stereocenters. The third-order valence-electron chi connectivity index (χ3n) is 5.53. The third-order valence-corrected chi connectivity index (χ3v) is 5.53. The summed E-state index contributed by atoms with van der Waals surface area (Å²) in [5, 5.41) is 11.1. The van der Waals surface area contributed by atoms with Gasteiger partial charge in [-0.25, -0.2) is 0 Å². The Balaban J connectivity index is 1.92. The Morgan fingerprint density at radius 2 is 1.48 bits per heavy atom. The standard InChI is InChI=1S/C26H24N2O3/c1-17-9-13-21(14-10-17)28-23(18-11-15-20(16-12-18)27(2)3)22(25(30)26(28)31)24(29)19-7-5-4-6-8-19/h4-16,23,29H,1-3H3/t23-/m0/s1. The number of amides is 1. The summed E-state index contributed by atoms with van der Waals surface area (Å²) in [5.74, 6) is -1.51. The molecule has 5 heteroatoms. The molecule has 1 saturated heterocycles. The monoisotopic (exact) mass is 412 g/mol. The van der Waals surface area contributed by atoms with Gasteiger partial charge in [0.2, 0.25) is 0 Å². The molecule has 1 amide bonds. The van der Waals surface area contributed by atoms with E-state index in [9.17, 15) is 14.7 Å². The number of ketones is 1. The number of hydrogen-bond donors (Lipinski definition) is 1. The first-order valence-electron chi connectivity index (χ1n) is 10.1. The molecule has 156 valence electrons. The van der Waals surface area contributed by atoms with E-state index in [4.69, 9.17) is 0 Å². The molecule has 3 aromatic rings. The SMILES string of the molecule is Cc1ccc(N2C(=O)C(=O)C(=C(O)c3ccccc3)[C@@H]2c2ccc(N(C)C)cc2)cc1. The second-order valence-electron chi connectivity index (χ2n) is 7.86. The average molecular weight is 412 g/mol. The van der Waals surface area contributed by atoms with Crippen LogP contribution in [-0.2, 0) is 9.59 Å². The normalized spacial score (nSPS) is 17.8. The minimum atomic E-state index is -0.723. The lowest BCUT2D eigenvalue weighted by molar-refractivity contribution is -0.132. The number of hydrogen-bond acceptors (Lipinski definition) is 4. The molecule has 1 aliphatic rings. The molecule has 1 N–H and O–H groups in total. The van der Waals surface area contributed by atoms with E-state index in [0.717, 1.165) is 16.8 Å². The van der Waals surface area contributed by atoms with E-state index in [-0.39, 0.29) is 11.3 Å². The second kappa shape index (κ2) is 8.11. The van der Waals surface area contributed by atoms with Gasteiger partial charge in [-0.3, -0.25) is 14.5 Å². The van der Waals surface area contributed by atoms with Crippen LogP contribution in [0.5, 0.6) is 0 Å². The van der Waals surface area contributed by atoms with Gasteiger partial charge in [0.15, 0.2) is 0 Å². The molecule has 4 rings (SSSR count). The zero-order chi connectivity index (χ0) is 22.1. The van der Waals surface area contributed by atoms with Crippen molar-refractivity contribution < 1.29 is 14.7 Å². The minimum Gasteiger partial charge on any atom is -0.507 e. The maximum absolute atomic E-state index is 13.1. The maximum atomic E-state index is 13.1. The lowest BCUT2D eigenvalue weighted by Gasteiger charge is -2.26. The molecular weight excluding hydrogens is 388 g/mol. The Kier molecular flexibility index (Phi) is 5.34. The summed E-state index contributed by atoms with van der Waals surface area (Å²) in [6, 6.07) is 23.2. The molecule has 3 aromatic carbocycles. The molecule has 0 saturated carbocycles. The number of anilines is 2. The summed E-state index contributed by atoms with van der Waals surface area (Å²) >= 11 is 0. The van der Waals surface area contributed by atoms with Crippen LogP contribution in [0.15, 0.2) is 84.4 Å². The van der Waals surface area contributed by atoms with Gasteiger partial charge < -0.3 is 10.0 Å². The second-order valence-corrected chi connectivity index (χ2v) is 7.86. The summed E-state index contributed by atoms with van der Waals surface area (Å²) in [6.07, 6.45) is 0. The highest BCUT2D eigenvalue weighted by Gasteiger charge is 2.46. The summed E-state index contributed by atoms with van der Waals surface area (Å²) in [6.45, 7) is 1.96. The highest BCUT2D eigenvalue weighted by Crippen LogP contribution is 2.42. The van der Waals surface area contributed by atoms with Crippen molar-refractivity contribution in [3.63, 3.8) is 0 Å². The number of carbonyl (C=O) groups excluding carboxylic acids is 2. The van der Waals surface area contributed by atoms with Gasteiger partial charge in [-0.1, -0.05) is 60.2 Å². The highest BCUT2D eigenvalue weighted by atomic mass is 16.3. The van der Waals surface area contributed by atoms with Gasteiger partial charge in [0.25, 0.3) is 11.7 Å². The predicted octanol–water partition coefficient (Wildman–Crippen LogP) is 4.69. The van der Waals surface area contributed by atoms with Crippen LogP contribution in [0.4, 0.5) is 11.4 Å². The van der Waals surface area contributed by atoms with Gasteiger partial charge in [0, 0.05) is 31.0 Å². The van der Waals surface area contributed by atoms with Crippen LogP contribution in [0.3, 0.4) is 0 Å². The van der Waals surface area contributed by atoms with Crippen molar-refractivity contribution in [2.75, 3.05) is 23.9 Å². The molecule has 1 heterocycles. The molecule has 31 heavy (non-hydrogen) atoms. The Bertz CT molecular complexity index is 1150. The smallest absolute Gasteiger partial charge is 0.300 e. The highest BCUT2D eigenvalue weighted by molar-refractivity contribution is 6.51. The minimum absolute atomic E-state index is 0.0920. The molecule has 1 aliphatic heterocycles. The van der Waals surface area contributed by atoms with Crippen LogP contribution >= 0.6 is 0 Å². The Labute approximate surface area is 181 Å². The van der Waals surface area contributed by atoms with E-state index < -0.39 is 17.7 Å². The van der Waals surface area contributed by atoms with Crippen LogP contribution in [0, 0.1) is 6.92 Å². The van der Waals surface area contributed by atoms with E-state index in [1.165, 1.54) is 4.90 Å². The summed E-state index contributed by atoms with van der Waals surface area (Å²) in [7, 11) is 3.89. The van der Waals surface area contributed by atoms with Gasteiger partial charge in [0.05, 0.1) is 11.6 Å². The molecule has 0 spiro atoms. The van der Waals surface area contributed by atoms with Gasteiger partial charge >= 0.3 is 0 Å². The maximum Gasteiger partial charge on any atom is 0.300 e. The molecule has 0 aromatic heterocycles. The number of benzene rings is 3. The zero-order valence-electron chi connectivity index (χ0n) is 17.7. The summed E-state index contributed by atoms with van der Waals surface area (Å²) in [4.78, 5) is 29.7. The van der Waals surface area contributed by atoms with Crippen LogP contribution in [0.25, 0.3) is 5.76 Å².